The number of imidazole rings is 1. The summed E-state index contributed by atoms with van der Waals surface area (Å²) in [6, 6.07) is 10.6. The van der Waals surface area contributed by atoms with Gasteiger partial charge in [-0.2, -0.15) is 0 Å². The van der Waals surface area contributed by atoms with Crippen LogP contribution >= 0.6 is 11.8 Å². The van der Waals surface area contributed by atoms with Crippen LogP contribution in [-0.2, 0) is 0 Å². The van der Waals surface area contributed by atoms with Crippen molar-refractivity contribution in [2.75, 3.05) is 25.4 Å². The number of carbonyl (C=O) groups excluding carboxylic acids is 2. The molecule has 27 heavy (non-hydrogen) atoms. The Morgan fingerprint density at radius 3 is 2.48 bits per heavy atom. The van der Waals surface area contributed by atoms with Crippen LogP contribution in [-0.4, -0.2) is 51.8 Å². The van der Waals surface area contributed by atoms with E-state index in [0.717, 1.165) is 23.0 Å². The van der Waals surface area contributed by atoms with Crippen molar-refractivity contribution in [2.24, 2.45) is 0 Å². The zero-order valence-electron chi connectivity index (χ0n) is 14.8. The van der Waals surface area contributed by atoms with Gasteiger partial charge in [0.1, 0.15) is 0 Å². The van der Waals surface area contributed by atoms with E-state index in [4.69, 9.17) is 0 Å². The van der Waals surface area contributed by atoms with Crippen LogP contribution in [0.3, 0.4) is 0 Å². The fourth-order valence-corrected chi connectivity index (χ4v) is 4.87. The molecule has 0 radical (unpaired) electrons. The second kappa shape index (κ2) is 6.62. The normalized spacial score (nSPS) is 16.7. The largest absolute Gasteiger partial charge is 0.332 e. The highest BCUT2D eigenvalue weighted by atomic mass is 32.2. The maximum Gasteiger partial charge on any atom is 0.196 e. The van der Waals surface area contributed by atoms with Gasteiger partial charge in [-0.15, -0.1) is 0 Å². The molecular formula is C21H19N3O2S. The molecule has 2 aliphatic rings. The maximum atomic E-state index is 13.1. The number of rotatable bonds is 4. The van der Waals surface area contributed by atoms with Crippen molar-refractivity contribution in [1.29, 1.82) is 0 Å². The lowest BCUT2D eigenvalue weighted by Gasteiger charge is -2.17. The zero-order valence-corrected chi connectivity index (χ0v) is 15.6. The molecule has 1 N–H and O–H groups in total. The molecule has 0 saturated carbocycles. The number of benzene rings is 2. The van der Waals surface area contributed by atoms with Crippen LogP contribution in [0.25, 0.3) is 11.0 Å². The Balaban J connectivity index is 1.47. The number of hydrogen-bond acceptors (Lipinski definition) is 5. The number of hydrogen-bond donors (Lipinski definition) is 1. The fourth-order valence-electron chi connectivity index (χ4n) is 3.99. The molecule has 5 rings (SSSR count). The molecule has 5 nitrogen and oxygen atoms in total. The third kappa shape index (κ3) is 2.80. The van der Waals surface area contributed by atoms with E-state index in [-0.39, 0.29) is 11.6 Å². The Labute approximate surface area is 161 Å². The van der Waals surface area contributed by atoms with Gasteiger partial charge in [-0.25, -0.2) is 4.98 Å². The summed E-state index contributed by atoms with van der Waals surface area (Å²) in [6.07, 6.45) is 2.58. The monoisotopic (exact) mass is 377 g/mol. The number of nitrogens with one attached hydrogen (secondary N) is 1. The second-order valence-electron chi connectivity index (χ2n) is 7.03. The molecule has 1 saturated heterocycles. The number of thioether (sulfide) groups is 1. The first-order valence-electron chi connectivity index (χ1n) is 9.28. The summed E-state index contributed by atoms with van der Waals surface area (Å²) < 4.78 is 0. The summed E-state index contributed by atoms with van der Waals surface area (Å²) >= 11 is 1.67. The summed E-state index contributed by atoms with van der Waals surface area (Å²) in [5.41, 5.74) is 3.27. The van der Waals surface area contributed by atoms with Crippen LogP contribution in [0.4, 0.5) is 0 Å². The maximum absolute atomic E-state index is 13.1. The summed E-state index contributed by atoms with van der Waals surface area (Å²) in [6.45, 7) is 3.42. The molecule has 0 bridgehead atoms. The van der Waals surface area contributed by atoms with Crippen LogP contribution in [0.5, 0.6) is 0 Å². The standard InChI is InChI=1S/C21H19N3O2S/c25-19-13-5-1-2-6-14(13)20(26)17-15(19)7-8-16-18(17)23-21(22-16)27-12-11-24-9-3-4-10-24/h1-2,5-8H,3-4,9-12H2,(H,22,23). The van der Waals surface area contributed by atoms with Crippen molar-refractivity contribution in [2.45, 2.75) is 18.0 Å². The molecule has 3 aromatic rings. The average molecular weight is 377 g/mol. The van der Waals surface area contributed by atoms with Gasteiger partial charge in [-0.05, 0) is 38.1 Å². The summed E-state index contributed by atoms with van der Waals surface area (Å²) in [4.78, 5) is 36.3. The van der Waals surface area contributed by atoms with Crippen LogP contribution in [0.2, 0.25) is 0 Å². The van der Waals surface area contributed by atoms with Gasteiger partial charge in [-0.1, -0.05) is 36.0 Å². The molecule has 136 valence electrons. The van der Waals surface area contributed by atoms with E-state index in [1.54, 1.807) is 42.1 Å². The Morgan fingerprint density at radius 2 is 1.70 bits per heavy atom. The number of H-pyrrole nitrogens is 1. The van der Waals surface area contributed by atoms with Crippen LogP contribution in [0.1, 0.15) is 44.7 Å². The van der Waals surface area contributed by atoms with E-state index in [9.17, 15) is 9.59 Å². The molecular weight excluding hydrogens is 358 g/mol. The third-order valence-corrected chi connectivity index (χ3v) is 6.22. The van der Waals surface area contributed by atoms with Crippen molar-refractivity contribution in [3.63, 3.8) is 0 Å². The first-order chi connectivity index (χ1) is 13.2. The number of carbonyl (C=O) groups is 2. The molecule has 0 atom stereocenters. The Kier molecular flexibility index (Phi) is 4.10. The zero-order chi connectivity index (χ0) is 18.4. The molecule has 1 aliphatic heterocycles. The lowest BCUT2D eigenvalue weighted by molar-refractivity contribution is 0.0980. The topological polar surface area (TPSA) is 66.1 Å². The molecule has 1 fully saturated rings. The van der Waals surface area contributed by atoms with Crippen molar-refractivity contribution in [3.05, 3.63) is 58.7 Å². The number of fused-ring (bicyclic) bond motifs is 4. The number of nitrogens with zero attached hydrogens (tertiary/aromatic N) is 2. The highest BCUT2D eigenvalue weighted by Crippen LogP contribution is 2.32. The van der Waals surface area contributed by atoms with Gasteiger partial charge >= 0.3 is 0 Å². The van der Waals surface area contributed by atoms with E-state index in [1.807, 2.05) is 6.07 Å². The van der Waals surface area contributed by atoms with E-state index >= 15 is 0 Å². The fraction of sp³-hybridized carbons (Fsp3) is 0.286. The first-order valence-corrected chi connectivity index (χ1v) is 10.3. The Morgan fingerprint density at radius 1 is 0.963 bits per heavy atom. The highest BCUT2D eigenvalue weighted by Gasteiger charge is 2.31. The minimum Gasteiger partial charge on any atom is -0.332 e. The van der Waals surface area contributed by atoms with Crippen LogP contribution in [0.15, 0.2) is 41.6 Å². The summed E-state index contributed by atoms with van der Waals surface area (Å²) in [5.74, 6) is 0.751. The van der Waals surface area contributed by atoms with Gasteiger partial charge in [0, 0.05) is 29.0 Å². The third-order valence-electron chi connectivity index (χ3n) is 5.37. The minimum atomic E-state index is -0.108. The lowest BCUT2D eigenvalue weighted by atomic mass is 9.83. The van der Waals surface area contributed by atoms with Crippen molar-refractivity contribution in [1.82, 2.24) is 14.9 Å². The summed E-state index contributed by atoms with van der Waals surface area (Å²) in [5, 5.41) is 0.803. The highest BCUT2D eigenvalue weighted by molar-refractivity contribution is 7.99. The molecule has 6 heteroatoms. The van der Waals surface area contributed by atoms with E-state index in [0.29, 0.717) is 27.8 Å². The van der Waals surface area contributed by atoms with Gasteiger partial charge in [0.2, 0.25) is 0 Å². The molecule has 1 aliphatic carbocycles. The number of ketones is 2. The molecule has 2 heterocycles. The first kappa shape index (κ1) is 16.7. The van der Waals surface area contributed by atoms with Crippen LogP contribution in [0, 0.1) is 0 Å². The van der Waals surface area contributed by atoms with Crippen molar-refractivity contribution < 1.29 is 9.59 Å². The molecule has 0 unspecified atom stereocenters. The van der Waals surface area contributed by atoms with Crippen molar-refractivity contribution >= 4 is 34.4 Å². The molecule has 0 spiro atoms. The molecule has 0 amide bonds. The quantitative estimate of drug-likeness (QED) is 0.551. The Hall–Kier alpha value is -2.44. The van der Waals surface area contributed by atoms with E-state index in [2.05, 4.69) is 14.9 Å². The minimum absolute atomic E-state index is 0.0973. The smallest absolute Gasteiger partial charge is 0.196 e. The van der Waals surface area contributed by atoms with Gasteiger partial charge < -0.3 is 9.88 Å². The summed E-state index contributed by atoms with van der Waals surface area (Å²) in [7, 11) is 0. The average Bonchev–Trinajstić information content (AvgIpc) is 3.35. The number of aromatic nitrogens is 2. The predicted molar refractivity (Wildman–Crippen MR) is 106 cm³/mol. The number of likely N-dealkylation sites (tertiary alicyclic amines) is 1. The van der Waals surface area contributed by atoms with Gasteiger partial charge in [0.15, 0.2) is 16.7 Å². The molecule has 2 aromatic carbocycles. The number of aromatic amines is 1. The second-order valence-corrected chi connectivity index (χ2v) is 8.11. The van der Waals surface area contributed by atoms with Gasteiger partial charge in [0.05, 0.1) is 16.6 Å². The van der Waals surface area contributed by atoms with Crippen molar-refractivity contribution in [3.8, 4) is 0 Å². The SMILES string of the molecule is O=C1c2ccccc2C(=O)c2c1ccc1nc(SCCN3CCCC3)[nH]c21. The van der Waals surface area contributed by atoms with Gasteiger partial charge in [-0.3, -0.25) is 9.59 Å². The predicted octanol–water partition coefficient (Wildman–Crippen LogP) is 3.53. The van der Waals surface area contributed by atoms with E-state index < -0.39 is 0 Å². The van der Waals surface area contributed by atoms with E-state index in [1.165, 1.54) is 25.9 Å². The lowest BCUT2D eigenvalue weighted by Crippen LogP contribution is -2.21. The van der Waals surface area contributed by atoms with Gasteiger partial charge in [0.25, 0.3) is 0 Å². The molecule has 1 aromatic heterocycles. The van der Waals surface area contributed by atoms with Crippen LogP contribution < -0.4 is 0 Å². The Bertz CT molecular complexity index is 1070.